The third kappa shape index (κ3) is 3.39. The number of anilines is 3. The third-order valence-corrected chi connectivity index (χ3v) is 2.76. The number of para-hydroxylation sites is 1. The van der Waals surface area contributed by atoms with Crippen LogP contribution < -0.4 is 15.8 Å². The van der Waals surface area contributed by atoms with Crippen LogP contribution in [0.25, 0.3) is 0 Å². The molecule has 2 rings (SSSR count). The van der Waals surface area contributed by atoms with Gasteiger partial charge >= 0.3 is 0 Å². The monoisotopic (exact) mass is 258 g/mol. The minimum absolute atomic E-state index is 0.558. The molecule has 0 heterocycles. The highest BCUT2D eigenvalue weighted by Gasteiger charge is 2.04. The van der Waals surface area contributed by atoms with Gasteiger partial charge in [0.05, 0.1) is 13.7 Å². The van der Waals surface area contributed by atoms with Crippen molar-refractivity contribution in [3.63, 3.8) is 0 Å². The van der Waals surface area contributed by atoms with Crippen molar-refractivity contribution in [3.8, 4) is 5.75 Å². The number of hydrogen-bond acceptors (Lipinski definition) is 4. The van der Waals surface area contributed by atoms with Crippen molar-refractivity contribution >= 4 is 17.1 Å². The number of ether oxygens (including phenoxy) is 2. The first-order chi connectivity index (χ1) is 9.22. The molecule has 0 radical (unpaired) electrons. The van der Waals surface area contributed by atoms with Crippen molar-refractivity contribution in [2.75, 3.05) is 25.3 Å². The highest BCUT2D eigenvalue weighted by atomic mass is 16.5. The number of rotatable bonds is 5. The summed E-state index contributed by atoms with van der Waals surface area (Å²) in [5, 5.41) is 3.33. The maximum atomic E-state index is 5.84. The highest BCUT2D eigenvalue weighted by Crippen LogP contribution is 2.27. The van der Waals surface area contributed by atoms with E-state index in [2.05, 4.69) is 5.32 Å². The molecule has 0 spiro atoms. The van der Waals surface area contributed by atoms with Crippen molar-refractivity contribution in [1.29, 1.82) is 0 Å². The minimum Gasteiger partial charge on any atom is -0.497 e. The normalized spacial score (nSPS) is 10.2. The van der Waals surface area contributed by atoms with Gasteiger partial charge in [-0.15, -0.1) is 0 Å². The van der Waals surface area contributed by atoms with E-state index in [-0.39, 0.29) is 0 Å². The molecule has 4 heteroatoms. The molecular weight excluding hydrogens is 240 g/mol. The molecule has 0 atom stereocenters. The average molecular weight is 258 g/mol. The molecular formula is C15H18N2O2. The van der Waals surface area contributed by atoms with E-state index in [1.807, 2.05) is 36.4 Å². The molecule has 0 bridgehead atoms. The van der Waals surface area contributed by atoms with Gasteiger partial charge < -0.3 is 20.5 Å². The quantitative estimate of drug-likeness (QED) is 0.809. The van der Waals surface area contributed by atoms with E-state index in [0.29, 0.717) is 12.3 Å². The highest BCUT2D eigenvalue weighted by molar-refractivity contribution is 5.68. The summed E-state index contributed by atoms with van der Waals surface area (Å²) in [6.45, 7) is 0.558. The smallest absolute Gasteiger partial charge is 0.122 e. The second kappa shape index (κ2) is 6.11. The van der Waals surface area contributed by atoms with E-state index in [0.717, 1.165) is 22.7 Å². The van der Waals surface area contributed by atoms with Crippen molar-refractivity contribution < 1.29 is 9.47 Å². The van der Waals surface area contributed by atoms with Crippen molar-refractivity contribution in [2.24, 2.45) is 0 Å². The maximum absolute atomic E-state index is 5.84. The number of methoxy groups -OCH3 is 2. The zero-order valence-electron chi connectivity index (χ0n) is 11.1. The van der Waals surface area contributed by atoms with Crippen LogP contribution in [0.15, 0.2) is 42.5 Å². The van der Waals surface area contributed by atoms with Gasteiger partial charge in [0.25, 0.3) is 0 Å². The van der Waals surface area contributed by atoms with E-state index in [4.69, 9.17) is 15.2 Å². The number of hydrogen-bond donors (Lipinski definition) is 2. The summed E-state index contributed by atoms with van der Waals surface area (Å²) in [7, 11) is 3.30. The molecule has 0 saturated carbocycles. The number of nitrogen functional groups attached to an aromatic ring is 1. The van der Waals surface area contributed by atoms with Crippen LogP contribution in [0.1, 0.15) is 5.56 Å². The first-order valence-electron chi connectivity index (χ1n) is 6.01. The molecule has 0 saturated heterocycles. The fourth-order valence-corrected chi connectivity index (χ4v) is 1.89. The zero-order valence-corrected chi connectivity index (χ0v) is 11.1. The summed E-state index contributed by atoms with van der Waals surface area (Å²) >= 11 is 0. The Hall–Kier alpha value is -2.20. The zero-order chi connectivity index (χ0) is 13.7. The van der Waals surface area contributed by atoms with Gasteiger partial charge in [-0.25, -0.2) is 0 Å². The molecule has 100 valence electrons. The summed E-state index contributed by atoms with van der Waals surface area (Å²) in [5.41, 5.74) is 9.47. The standard InChI is InChI=1S/C15H18N2O2/c1-18-10-11-5-3-4-6-15(11)17-13-7-12(16)8-14(9-13)19-2/h3-9,17H,10,16H2,1-2H3. The molecule has 0 amide bonds. The van der Waals surface area contributed by atoms with Crippen LogP contribution in [0.2, 0.25) is 0 Å². The molecule has 4 nitrogen and oxygen atoms in total. The van der Waals surface area contributed by atoms with Crippen LogP contribution in [0.4, 0.5) is 17.1 Å². The first kappa shape index (κ1) is 13.2. The molecule has 0 aliphatic carbocycles. The lowest BCUT2D eigenvalue weighted by Gasteiger charge is -2.13. The van der Waals surface area contributed by atoms with E-state index in [1.165, 1.54) is 0 Å². The van der Waals surface area contributed by atoms with Gasteiger partial charge in [0.15, 0.2) is 0 Å². The first-order valence-corrected chi connectivity index (χ1v) is 6.01. The van der Waals surface area contributed by atoms with Gasteiger partial charge in [0.2, 0.25) is 0 Å². The number of nitrogens with one attached hydrogen (secondary N) is 1. The van der Waals surface area contributed by atoms with E-state index >= 15 is 0 Å². The molecule has 0 aliphatic rings. The van der Waals surface area contributed by atoms with Gasteiger partial charge in [-0.3, -0.25) is 0 Å². The second-order valence-corrected chi connectivity index (χ2v) is 4.21. The Balaban J connectivity index is 2.28. The molecule has 19 heavy (non-hydrogen) atoms. The summed E-state index contributed by atoms with van der Waals surface area (Å²) in [6.07, 6.45) is 0. The molecule has 0 fully saturated rings. The van der Waals surface area contributed by atoms with Crippen molar-refractivity contribution in [1.82, 2.24) is 0 Å². The van der Waals surface area contributed by atoms with Crippen LogP contribution in [0.5, 0.6) is 5.75 Å². The lowest BCUT2D eigenvalue weighted by molar-refractivity contribution is 0.185. The van der Waals surface area contributed by atoms with Gasteiger partial charge in [0, 0.05) is 41.9 Å². The van der Waals surface area contributed by atoms with Crippen LogP contribution in [-0.4, -0.2) is 14.2 Å². The van der Waals surface area contributed by atoms with Crippen molar-refractivity contribution in [3.05, 3.63) is 48.0 Å². The second-order valence-electron chi connectivity index (χ2n) is 4.21. The Labute approximate surface area is 113 Å². The Bertz CT molecular complexity index is 556. The van der Waals surface area contributed by atoms with E-state index in [9.17, 15) is 0 Å². The van der Waals surface area contributed by atoms with E-state index in [1.54, 1.807) is 20.3 Å². The Morgan fingerprint density at radius 1 is 1.11 bits per heavy atom. The molecule has 3 N–H and O–H groups in total. The Morgan fingerprint density at radius 3 is 2.63 bits per heavy atom. The van der Waals surface area contributed by atoms with Gasteiger partial charge in [-0.2, -0.15) is 0 Å². The Morgan fingerprint density at radius 2 is 1.89 bits per heavy atom. The maximum Gasteiger partial charge on any atom is 0.122 e. The fourth-order valence-electron chi connectivity index (χ4n) is 1.89. The number of nitrogens with two attached hydrogens (primary N) is 1. The third-order valence-electron chi connectivity index (χ3n) is 2.76. The molecule has 0 unspecified atom stereocenters. The molecule has 2 aromatic rings. The predicted octanol–water partition coefficient (Wildman–Crippen LogP) is 3.17. The van der Waals surface area contributed by atoms with Gasteiger partial charge in [0.1, 0.15) is 5.75 Å². The number of benzene rings is 2. The van der Waals surface area contributed by atoms with Gasteiger partial charge in [-0.1, -0.05) is 18.2 Å². The van der Waals surface area contributed by atoms with E-state index < -0.39 is 0 Å². The summed E-state index contributed by atoms with van der Waals surface area (Å²) in [5.74, 6) is 0.728. The molecule has 2 aromatic carbocycles. The SMILES string of the molecule is COCc1ccccc1Nc1cc(N)cc(OC)c1. The largest absolute Gasteiger partial charge is 0.497 e. The van der Waals surface area contributed by atoms with Crippen LogP contribution >= 0.6 is 0 Å². The topological polar surface area (TPSA) is 56.5 Å². The Kier molecular flexibility index (Phi) is 4.26. The lowest BCUT2D eigenvalue weighted by Crippen LogP contribution is -1.98. The van der Waals surface area contributed by atoms with Crippen LogP contribution in [0, 0.1) is 0 Å². The summed E-state index contributed by atoms with van der Waals surface area (Å²) in [4.78, 5) is 0. The van der Waals surface area contributed by atoms with Crippen LogP contribution in [0.3, 0.4) is 0 Å². The predicted molar refractivity (Wildman–Crippen MR) is 77.8 cm³/mol. The summed E-state index contributed by atoms with van der Waals surface area (Å²) < 4.78 is 10.4. The van der Waals surface area contributed by atoms with Crippen molar-refractivity contribution in [2.45, 2.75) is 6.61 Å². The minimum atomic E-state index is 0.558. The fraction of sp³-hybridized carbons (Fsp3) is 0.200. The molecule has 0 aliphatic heterocycles. The van der Waals surface area contributed by atoms with Gasteiger partial charge in [-0.05, 0) is 12.1 Å². The lowest BCUT2D eigenvalue weighted by atomic mass is 10.1. The van der Waals surface area contributed by atoms with Crippen LogP contribution in [-0.2, 0) is 11.3 Å². The average Bonchev–Trinajstić information content (AvgIpc) is 2.40. The molecule has 0 aromatic heterocycles. The summed E-state index contributed by atoms with van der Waals surface area (Å²) in [6, 6.07) is 13.5.